The van der Waals surface area contributed by atoms with Gasteiger partial charge in [0.25, 0.3) is 5.91 Å². The van der Waals surface area contributed by atoms with Crippen LogP contribution in [-0.2, 0) is 11.3 Å². The third-order valence-corrected chi connectivity index (χ3v) is 6.38. The molecule has 2 fully saturated rings. The van der Waals surface area contributed by atoms with E-state index in [-0.39, 0.29) is 12.0 Å². The molecule has 1 unspecified atom stereocenters. The number of hydrogen-bond acceptors (Lipinski definition) is 3. The van der Waals surface area contributed by atoms with Crippen LogP contribution in [0.1, 0.15) is 52.4 Å². The van der Waals surface area contributed by atoms with Crippen molar-refractivity contribution in [2.75, 3.05) is 39.8 Å². The number of likely N-dealkylation sites (tertiary alicyclic amines) is 1. The fourth-order valence-electron chi connectivity index (χ4n) is 4.59. The Morgan fingerprint density at radius 2 is 1.88 bits per heavy atom. The maximum atomic E-state index is 12.9. The molecule has 2 aliphatic rings. The van der Waals surface area contributed by atoms with E-state index in [1.807, 2.05) is 30.1 Å². The Bertz CT molecular complexity index is 952. The highest BCUT2D eigenvalue weighted by Crippen LogP contribution is 2.25. The van der Waals surface area contributed by atoms with Crippen LogP contribution in [0.4, 0.5) is 0 Å². The molecule has 2 heterocycles. The smallest absolute Gasteiger partial charge is 0.253 e. The highest BCUT2D eigenvalue weighted by atomic mass is 16.5. The van der Waals surface area contributed by atoms with Crippen molar-refractivity contribution in [3.63, 3.8) is 0 Å². The lowest BCUT2D eigenvalue weighted by atomic mass is 10.0. The first kappa shape index (κ1) is 22.3. The molecule has 2 aromatic carbocycles. The molecule has 0 aliphatic carbocycles. The van der Waals surface area contributed by atoms with Crippen LogP contribution in [0, 0.1) is 6.92 Å². The first-order valence-electron chi connectivity index (χ1n) is 11.7. The van der Waals surface area contributed by atoms with E-state index in [0.717, 1.165) is 56.1 Å². The third-order valence-electron chi connectivity index (χ3n) is 6.38. The summed E-state index contributed by atoms with van der Waals surface area (Å²) in [6.45, 7) is 6.72. The first-order chi connectivity index (χ1) is 15.7. The van der Waals surface area contributed by atoms with E-state index in [1.165, 1.54) is 17.5 Å². The number of rotatable bonds is 4. The Labute approximate surface area is 191 Å². The van der Waals surface area contributed by atoms with Crippen molar-refractivity contribution in [3.8, 4) is 0 Å². The molecule has 0 spiro atoms. The fourth-order valence-corrected chi connectivity index (χ4v) is 4.59. The van der Waals surface area contributed by atoms with E-state index in [2.05, 4.69) is 52.5 Å². The summed E-state index contributed by atoms with van der Waals surface area (Å²) in [6, 6.07) is 16.4. The minimum absolute atomic E-state index is 0.0361. The summed E-state index contributed by atoms with van der Waals surface area (Å²) in [5, 5.41) is 3.48. The number of nitrogens with one attached hydrogen (secondary N) is 1. The fraction of sp³-hybridized carbons (Fsp3) is 0.462. The molecule has 2 saturated heterocycles. The molecule has 1 amide bonds. The van der Waals surface area contributed by atoms with E-state index >= 15 is 0 Å². The van der Waals surface area contributed by atoms with Crippen molar-refractivity contribution < 1.29 is 9.53 Å². The lowest BCUT2D eigenvalue weighted by Gasteiger charge is -2.35. The number of aryl methyl sites for hydroxylation is 1. The summed E-state index contributed by atoms with van der Waals surface area (Å²) in [4.78, 5) is 21.6. The summed E-state index contributed by atoms with van der Waals surface area (Å²) < 4.78 is 6.07. The standard InChI is InChI=1S/C26H34N4O2/c1-20-9-4-5-12-23(20)24-19-30(15-16-32-24)26(27-2)28-18-21-10-8-11-22(17-21)25(31)29-13-6-3-7-14-29/h4-5,8-12,17,24H,3,6-7,13-16,18-19H2,1-2H3,(H,27,28). The molecular weight excluding hydrogens is 400 g/mol. The zero-order valence-electron chi connectivity index (χ0n) is 19.2. The SMILES string of the molecule is CN=C(NCc1cccc(C(=O)N2CCCCC2)c1)N1CCOC(c2ccccc2C)C1. The molecule has 6 heteroatoms. The molecule has 1 N–H and O–H groups in total. The van der Waals surface area contributed by atoms with Crippen LogP contribution in [0.15, 0.2) is 53.5 Å². The topological polar surface area (TPSA) is 57.2 Å². The van der Waals surface area contributed by atoms with Crippen molar-refractivity contribution >= 4 is 11.9 Å². The van der Waals surface area contributed by atoms with Crippen molar-refractivity contribution in [3.05, 3.63) is 70.8 Å². The Morgan fingerprint density at radius 1 is 1.06 bits per heavy atom. The molecule has 170 valence electrons. The van der Waals surface area contributed by atoms with Crippen molar-refractivity contribution in [2.24, 2.45) is 4.99 Å². The molecule has 2 aliphatic heterocycles. The molecule has 1 atom stereocenters. The normalized spacial score (nSPS) is 19.7. The van der Waals surface area contributed by atoms with Gasteiger partial charge < -0.3 is 19.9 Å². The van der Waals surface area contributed by atoms with Crippen LogP contribution in [0.25, 0.3) is 0 Å². The zero-order chi connectivity index (χ0) is 22.3. The number of amides is 1. The number of aliphatic imine (C=N–C) groups is 1. The van der Waals surface area contributed by atoms with Crippen molar-refractivity contribution in [2.45, 2.75) is 38.8 Å². The molecule has 0 aromatic heterocycles. The molecular formula is C26H34N4O2. The Kier molecular flexibility index (Phi) is 7.43. The summed E-state index contributed by atoms with van der Waals surface area (Å²) in [7, 11) is 1.82. The molecule has 6 nitrogen and oxygen atoms in total. The van der Waals surface area contributed by atoms with Crippen LogP contribution in [0.2, 0.25) is 0 Å². The van der Waals surface area contributed by atoms with E-state index in [1.54, 1.807) is 0 Å². The Morgan fingerprint density at radius 3 is 2.66 bits per heavy atom. The third kappa shape index (κ3) is 5.30. The second-order valence-corrected chi connectivity index (χ2v) is 8.62. The van der Waals surface area contributed by atoms with Gasteiger partial charge in [0.1, 0.15) is 6.10 Å². The number of hydrogen-bond donors (Lipinski definition) is 1. The maximum Gasteiger partial charge on any atom is 0.253 e. The molecule has 2 aromatic rings. The van der Waals surface area contributed by atoms with Gasteiger partial charge in [-0.2, -0.15) is 0 Å². The number of piperidine rings is 1. The van der Waals surface area contributed by atoms with Crippen LogP contribution in [0.3, 0.4) is 0 Å². The van der Waals surface area contributed by atoms with Gasteiger partial charge in [0.2, 0.25) is 0 Å². The predicted octanol–water partition coefficient (Wildman–Crippen LogP) is 3.77. The Balaban J connectivity index is 1.38. The first-order valence-corrected chi connectivity index (χ1v) is 11.7. The molecule has 4 rings (SSSR count). The second-order valence-electron chi connectivity index (χ2n) is 8.62. The molecule has 0 saturated carbocycles. The van der Waals surface area contributed by atoms with Crippen molar-refractivity contribution in [1.82, 2.24) is 15.1 Å². The van der Waals surface area contributed by atoms with Gasteiger partial charge in [-0.05, 0) is 55.0 Å². The second kappa shape index (κ2) is 10.6. The summed E-state index contributed by atoms with van der Waals surface area (Å²) in [6.07, 6.45) is 3.46. The van der Waals surface area contributed by atoms with Gasteiger partial charge in [-0.25, -0.2) is 0 Å². The largest absolute Gasteiger partial charge is 0.370 e. The number of carbonyl (C=O) groups is 1. The van der Waals surface area contributed by atoms with Crippen LogP contribution < -0.4 is 5.32 Å². The molecule has 0 bridgehead atoms. The number of nitrogens with zero attached hydrogens (tertiary/aromatic N) is 3. The monoisotopic (exact) mass is 434 g/mol. The maximum absolute atomic E-state index is 12.9. The average molecular weight is 435 g/mol. The number of carbonyl (C=O) groups excluding carboxylic acids is 1. The summed E-state index contributed by atoms with van der Waals surface area (Å²) in [5.74, 6) is 1.00. The molecule has 0 radical (unpaired) electrons. The van der Waals surface area contributed by atoms with Gasteiger partial charge in [0, 0.05) is 38.8 Å². The minimum atomic E-state index is 0.0361. The van der Waals surface area contributed by atoms with Crippen LogP contribution in [-0.4, -0.2) is 61.5 Å². The van der Waals surface area contributed by atoms with E-state index < -0.39 is 0 Å². The lowest BCUT2D eigenvalue weighted by Crippen LogP contribution is -2.48. The van der Waals surface area contributed by atoms with Gasteiger partial charge in [-0.1, -0.05) is 36.4 Å². The van der Waals surface area contributed by atoms with Gasteiger partial charge in [-0.15, -0.1) is 0 Å². The van der Waals surface area contributed by atoms with E-state index in [4.69, 9.17) is 4.74 Å². The van der Waals surface area contributed by atoms with Crippen LogP contribution >= 0.6 is 0 Å². The highest BCUT2D eigenvalue weighted by molar-refractivity contribution is 5.94. The number of morpholine rings is 1. The van der Waals surface area contributed by atoms with E-state index in [0.29, 0.717) is 13.2 Å². The van der Waals surface area contributed by atoms with Gasteiger partial charge in [0.05, 0.1) is 13.2 Å². The lowest BCUT2D eigenvalue weighted by molar-refractivity contribution is -0.00834. The van der Waals surface area contributed by atoms with Crippen molar-refractivity contribution in [1.29, 1.82) is 0 Å². The highest BCUT2D eigenvalue weighted by Gasteiger charge is 2.25. The minimum Gasteiger partial charge on any atom is -0.370 e. The predicted molar refractivity (Wildman–Crippen MR) is 128 cm³/mol. The zero-order valence-corrected chi connectivity index (χ0v) is 19.2. The van der Waals surface area contributed by atoms with Gasteiger partial charge in [-0.3, -0.25) is 9.79 Å². The van der Waals surface area contributed by atoms with E-state index in [9.17, 15) is 4.79 Å². The Hall–Kier alpha value is -2.86. The summed E-state index contributed by atoms with van der Waals surface area (Å²) >= 11 is 0. The summed E-state index contributed by atoms with van der Waals surface area (Å²) in [5.41, 5.74) is 4.33. The number of benzene rings is 2. The van der Waals surface area contributed by atoms with Gasteiger partial charge in [0.15, 0.2) is 5.96 Å². The van der Waals surface area contributed by atoms with Gasteiger partial charge >= 0.3 is 0 Å². The number of ether oxygens (including phenoxy) is 1. The average Bonchev–Trinajstić information content (AvgIpc) is 2.85. The molecule has 32 heavy (non-hydrogen) atoms. The quantitative estimate of drug-likeness (QED) is 0.588. The van der Waals surface area contributed by atoms with Crippen LogP contribution in [0.5, 0.6) is 0 Å². The number of guanidine groups is 1.